The molecule has 3 rings (SSSR count). The van der Waals surface area contributed by atoms with E-state index < -0.39 is 28.7 Å². The van der Waals surface area contributed by atoms with Gasteiger partial charge in [-0.25, -0.2) is 9.18 Å². The number of rotatable bonds is 4. The summed E-state index contributed by atoms with van der Waals surface area (Å²) in [4.78, 5) is 37.4. The third-order valence-electron chi connectivity index (χ3n) is 4.11. The van der Waals surface area contributed by atoms with Gasteiger partial charge in [-0.15, -0.1) is 0 Å². The van der Waals surface area contributed by atoms with Gasteiger partial charge in [0.05, 0.1) is 5.69 Å². The molecule has 1 aromatic heterocycles. The molecule has 1 N–H and O–H groups in total. The van der Waals surface area contributed by atoms with E-state index in [4.69, 9.17) is 0 Å². The first-order chi connectivity index (χ1) is 12.9. The number of hydrogen-bond acceptors (Lipinski definition) is 4. The lowest BCUT2D eigenvalue weighted by Gasteiger charge is -2.11. The summed E-state index contributed by atoms with van der Waals surface area (Å²) in [5.74, 6) is -1.21. The lowest BCUT2D eigenvalue weighted by Crippen LogP contribution is -2.43. The molecule has 0 aliphatic carbocycles. The average molecular weight is 368 g/mol. The van der Waals surface area contributed by atoms with Gasteiger partial charge in [0.15, 0.2) is 0 Å². The van der Waals surface area contributed by atoms with Crippen LogP contribution < -0.4 is 16.6 Å². The number of carbonyl (C=O) groups is 1. The number of para-hydroxylation sites is 1. The Labute approximate surface area is 153 Å². The SMILES string of the molecule is CCc1ccccc1NC(=O)c1nn(-c2ccc(F)cc2)c(=O)n(C)c1=O. The Hall–Kier alpha value is -3.55. The summed E-state index contributed by atoms with van der Waals surface area (Å²) < 4.78 is 14.8. The highest BCUT2D eigenvalue weighted by molar-refractivity contribution is 6.02. The van der Waals surface area contributed by atoms with E-state index in [-0.39, 0.29) is 5.69 Å². The molecule has 7 nitrogen and oxygen atoms in total. The summed E-state index contributed by atoms with van der Waals surface area (Å²) >= 11 is 0. The van der Waals surface area contributed by atoms with Crippen molar-refractivity contribution in [3.05, 3.63) is 86.4 Å². The molecule has 0 radical (unpaired) electrons. The number of nitrogens with one attached hydrogen (secondary N) is 1. The van der Waals surface area contributed by atoms with Gasteiger partial charge in [0.25, 0.3) is 11.5 Å². The maximum Gasteiger partial charge on any atom is 0.351 e. The molecule has 0 atom stereocenters. The van der Waals surface area contributed by atoms with Crippen LogP contribution in [0.2, 0.25) is 0 Å². The van der Waals surface area contributed by atoms with Gasteiger partial charge in [-0.05, 0) is 42.3 Å². The van der Waals surface area contributed by atoms with E-state index in [1.54, 1.807) is 12.1 Å². The number of aryl methyl sites for hydroxylation is 1. The minimum absolute atomic E-state index is 0.236. The van der Waals surface area contributed by atoms with Gasteiger partial charge in [-0.3, -0.25) is 14.2 Å². The Balaban J connectivity index is 2.07. The summed E-state index contributed by atoms with van der Waals surface area (Å²) in [5.41, 5.74) is -0.294. The first-order valence-corrected chi connectivity index (χ1v) is 8.28. The molecule has 0 fully saturated rings. The van der Waals surface area contributed by atoms with Crippen molar-refractivity contribution < 1.29 is 9.18 Å². The Kier molecular flexibility index (Phi) is 4.98. The molecule has 0 bridgehead atoms. The number of amides is 1. The standard InChI is InChI=1S/C19H17FN4O3/c1-3-12-6-4-5-7-15(12)21-17(25)16-18(26)23(2)19(27)24(22-16)14-10-8-13(20)9-11-14/h4-11H,3H2,1-2H3,(H,21,25). The maximum absolute atomic E-state index is 13.1. The predicted molar refractivity (Wildman–Crippen MR) is 98.8 cm³/mol. The summed E-state index contributed by atoms with van der Waals surface area (Å²) in [6.45, 7) is 1.94. The van der Waals surface area contributed by atoms with E-state index in [1.807, 2.05) is 19.1 Å². The van der Waals surface area contributed by atoms with E-state index in [1.165, 1.54) is 19.2 Å². The minimum Gasteiger partial charge on any atom is -0.320 e. The summed E-state index contributed by atoms with van der Waals surface area (Å²) in [6, 6.07) is 12.2. The Morgan fingerprint density at radius 2 is 1.78 bits per heavy atom. The fourth-order valence-corrected chi connectivity index (χ4v) is 2.60. The van der Waals surface area contributed by atoms with Crippen LogP contribution in [0, 0.1) is 5.82 Å². The van der Waals surface area contributed by atoms with Gasteiger partial charge >= 0.3 is 5.69 Å². The third kappa shape index (κ3) is 3.55. The predicted octanol–water partition coefficient (Wildman–Crippen LogP) is 1.88. The highest BCUT2D eigenvalue weighted by Gasteiger charge is 2.19. The van der Waals surface area contributed by atoms with Crippen molar-refractivity contribution in [1.82, 2.24) is 14.3 Å². The number of aromatic nitrogens is 3. The number of nitrogens with zero attached hydrogens (tertiary/aromatic N) is 3. The number of carbonyl (C=O) groups excluding carboxylic acids is 1. The molecule has 0 unspecified atom stereocenters. The van der Waals surface area contributed by atoms with Crippen molar-refractivity contribution in [2.24, 2.45) is 7.05 Å². The van der Waals surface area contributed by atoms with Gasteiger partial charge in [0.2, 0.25) is 5.69 Å². The molecule has 0 saturated carbocycles. The van der Waals surface area contributed by atoms with Crippen molar-refractivity contribution >= 4 is 11.6 Å². The zero-order valence-electron chi connectivity index (χ0n) is 14.8. The van der Waals surface area contributed by atoms with E-state index in [0.717, 1.165) is 26.9 Å². The molecule has 8 heteroatoms. The second-order valence-electron chi connectivity index (χ2n) is 5.85. The number of hydrogen-bond donors (Lipinski definition) is 1. The number of halogens is 1. The molecule has 27 heavy (non-hydrogen) atoms. The van der Waals surface area contributed by atoms with Gasteiger partial charge in [-0.2, -0.15) is 9.78 Å². The van der Waals surface area contributed by atoms with Gasteiger partial charge in [-0.1, -0.05) is 25.1 Å². The van der Waals surface area contributed by atoms with Crippen LogP contribution in [0.15, 0.2) is 58.1 Å². The molecule has 0 aliphatic heterocycles. The van der Waals surface area contributed by atoms with E-state index in [2.05, 4.69) is 10.4 Å². The largest absolute Gasteiger partial charge is 0.351 e. The highest BCUT2D eigenvalue weighted by atomic mass is 19.1. The number of anilines is 1. The third-order valence-corrected chi connectivity index (χ3v) is 4.11. The van der Waals surface area contributed by atoms with E-state index in [9.17, 15) is 18.8 Å². The molecular formula is C19H17FN4O3. The number of benzene rings is 2. The summed E-state index contributed by atoms with van der Waals surface area (Å²) in [7, 11) is 1.25. The van der Waals surface area contributed by atoms with Gasteiger partial charge in [0.1, 0.15) is 5.82 Å². The van der Waals surface area contributed by atoms with E-state index >= 15 is 0 Å². The zero-order chi connectivity index (χ0) is 19.6. The topological polar surface area (TPSA) is 86.0 Å². The minimum atomic E-state index is -0.815. The van der Waals surface area contributed by atoms with Crippen LogP contribution >= 0.6 is 0 Å². The van der Waals surface area contributed by atoms with Crippen LogP contribution in [0.1, 0.15) is 23.0 Å². The van der Waals surface area contributed by atoms with Crippen molar-refractivity contribution in [3.8, 4) is 5.69 Å². The van der Waals surface area contributed by atoms with Gasteiger partial charge in [0, 0.05) is 12.7 Å². The van der Waals surface area contributed by atoms with Crippen LogP contribution in [-0.2, 0) is 13.5 Å². The maximum atomic E-state index is 13.1. The second-order valence-corrected chi connectivity index (χ2v) is 5.85. The Morgan fingerprint density at radius 1 is 1.11 bits per heavy atom. The molecule has 2 aromatic carbocycles. The zero-order valence-corrected chi connectivity index (χ0v) is 14.8. The normalized spacial score (nSPS) is 10.6. The smallest absolute Gasteiger partial charge is 0.320 e. The summed E-state index contributed by atoms with van der Waals surface area (Å²) in [5, 5.41) is 6.58. The molecular weight excluding hydrogens is 351 g/mol. The van der Waals surface area contributed by atoms with E-state index in [0.29, 0.717) is 12.1 Å². The van der Waals surface area contributed by atoms with Crippen molar-refractivity contribution in [2.75, 3.05) is 5.32 Å². The average Bonchev–Trinajstić information content (AvgIpc) is 2.67. The molecule has 0 spiro atoms. The van der Waals surface area contributed by atoms with Gasteiger partial charge < -0.3 is 5.32 Å². The van der Waals surface area contributed by atoms with Crippen molar-refractivity contribution in [1.29, 1.82) is 0 Å². The van der Waals surface area contributed by atoms with Crippen LogP contribution in [0.3, 0.4) is 0 Å². The fraction of sp³-hybridized carbons (Fsp3) is 0.158. The molecule has 0 aliphatic rings. The van der Waals surface area contributed by atoms with Crippen LogP contribution in [-0.4, -0.2) is 20.3 Å². The van der Waals surface area contributed by atoms with Crippen molar-refractivity contribution in [3.63, 3.8) is 0 Å². The van der Waals surface area contributed by atoms with Crippen LogP contribution in [0.5, 0.6) is 0 Å². The Bertz CT molecular complexity index is 1120. The van der Waals surface area contributed by atoms with Crippen LogP contribution in [0.25, 0.3) is 5.69 Å². The first kappa shape index (κ1) is 18.2. The van der Waals surface area contributed by atoms with Crippen molar-refractivity contribution in [2.45, 2.75) is 13.3 Å². The Morgan fingerprint density at radius 3 is 2.44 bits per heavy atom. The lowest BCUT2D eigenvalue weighted by molar-refractivity contribution is 0.101. The molecule has 1 amide bonds. The quantitative estimate of drug-likeness (QED) is 0.762. The van der Waals surface area contributed by atoms with Crippen LogP contribution in [0.4, 0.5) is 10.1 Å². The highest BCUT2D eigenvalue weighted by Crippen LogP contribution is 2.15. The second kappa shape index (κ2) is 7.36. The summed E-state index contributed by atoms with van der Waals surface area (Å²) in [6.07, 6.45) is 0.691. The lowest BCUT2D eigenvalue weighted by atomic mass is 10.1. The first-order valence-electron chi connectivity index (χ1n) is 8.28. The monoisotopic (exact) mass is 368 g/mol. The fourth-order valence-electron chi connectivity index (χ4n) is 2.60. The molecule has 3 aromatic rings. The molecule has 0 saturated heterocycles. The molecule has 1 heterocycles. The molecule has 138 valence electrons.